The van der Waals surface area contributed by atoms with E-state index in [2.05, 4.69) is 10.4 Å². The van der Waals surface area contributed by atoms with Gasteiger partial charge in [-0.3, -0.25) is 4.79 Å². The van der Waals surface area contributed by atoms with Crippen molar-refractivity contribution in [2.75, 3.05) is 5.43 Å². The number of pyridine rings is 1. The van der Waals surface area contributed by atoms with Gasteiger partial charge < -0.3 is 11.2 Å². The van der Waals surface area contributed by atoms with Crippen LogP contribution in [-0.2, 0) is 0 Å². The zero-order valence-electron chi connectivity index (χ0n) is 6.04. The van der Waals surface area contributed by atoms with Gasteiger partial charge in [-0.25, -0.2) is 10.8 Å². The van der Waals surface area contributed by atoms with E-state index < -0.39 is 5.91 Å². The number of carbonyl (C=O) groups is 1. The third-order valence-corrected chi connectivity index (χ3v) is 1.55. The van der Waals surface area contributed by atoms with Gasteiger partial charge in [0.15, 0.2) is 5.82 Å². The van der Waals surface area contributed by atoms with Crippen LogP contribution in [0.2, 0.25) is 5.02 Å². The predicted molar refractivity (Wildman–Crippen MR) is 45.6 cm³/mol. The number of hydrogen-bond donors (Lipinski definition) is 3. The van der Waals surface area contributed by atoms with Crippen LogP contribution >= 0.6 is 11.6 Å². The summed E-state index contributed by atoms with van der Waals surface area (Å²) in [4.78, 5) is 14.4. The van der Waals surface area contributed by atoms with Crippen molar-refractivity contribution in [3.05, 3.63) is 22.8 Å². The van der Waals surface area contributed by atoms with Crippen LogP contribution in [0.5, 0.6) is 0 Å². The summed E-state index contributed by atoms with van der Waals surface area (Å²) in [5, 5.41) is 0.258. The normalized spacial score (nSPS) is 9.50. The second kappa shape index (κ2) is 3.38. The Morgan fingerprint density at radius 2 is 2.33 bits per heavy atom. The summed E-state index contributed by atoms with van der Waals surface area (Å²) < 4.78 is 0. The number of primary amides is 1. The minimum absolute atomic E-state index is 0.249. The number of nitrogens with one attached hydrogen (secondary N) is 1. The molecule has 0 spiro atoms. The highest BCUT2D eigenvalue weighted by atomic mass is 35.5. The fourth-order valence-corrected chi connectivity index (χ4v) is 0.900. The number of amides is 1. The first kappa shape index (κ1) is 8.76. The summed E-state index contributed by atoms with van der Waals surface area (Å²) >= 11 is 5.66. The molecule has 6 heteroatoms. The Hall–Kier alpha value is -1.33. The van der Waals surface area contributed by atoms with Crippen LogP contribution in [0.4, 0.5) is 5.82 Å². The lowest BCUT2D eigenvalue weighted by atomic mass is 10.3. The number of aromatic nitrogens is 1. The first-order chi connectivity index (χ1) is 5.65. The van der Waals surface area contributed by atoms with Crippen LogP contribution in [0.1, 0.15) is 10.4 Å². The summed E-state index contributed by atoms with van der Waals surface area (Å²) in [6.45, 7) is 0. The number of nitrogens with two attached hydrogens (primary N) is 2. The lowest BCUT2D eigenvalue weighted by Gasteiger charge is -2.01. The highest BCUT2D eigenvalue weighted by Crippen LogP contribution is 2.18. The van der Waals surface area contributed by atoms with E-state index >= 15 is 0 Å². The molecule has 12 heavy (non-hydrogen) atoms. The largest absolute Gasteiger partial charge is 0.366 e. The topological polar surface area (TPSA) is 94.0 Å². The number of nitrogens with zero attached hydrogens (tertiary/aromatic N) is 1. The number of nitrogen functional groups attached to an aromatic ring is 1. The van der Waals surface area contributed by atoms with E-state index in [4.69, 9.17) is 23.2 Å². The molecule has 1 heterocycles. The zero-order chi connectivity index (χ0) is 9.14. The van der Waals surface area contributed by atoms with Gasteiger partial charge in [0.05, 0.1) is 10.6 Å². The van der Waals surface area contributed by atoms with Gasteiger partial charge in [0.2, 0.25) is 5.91 Å². The van der Waals surface area contributed by atoms with Crippen LogP contribution < -0.4 is 17.0 Å². The Morgan fingerprint density at radius 1 is 1.67 bits per heavy atom. The van der Waals surface area contributed by atoms with E-state index in [9.17, 15) is 4.79 Å². The smallest absolute Gasteiger partial charge is 0.250 e. The predicted octanol–water partition coefficient (Wildman–Crippen LogP) is 0.120. The Balaban J connectivity index is 3.10. The van der Waals surface area contributed by atoms with E-state index in [1.54, 1.807) is 0 Å². The molecule has 0 radical (unpaired) electrons. The fourth-order valence-electron chi connectivity index (χ4n) is 0.679. The molecule has 5 nitrogen and oxygen atoms in total. The third kappa shape index (κ3) is 1.63. The molecule has 0 aromatic carbocycles. The highest BCUT2D eigenvalue weighted by molar-refractivity contribution is 6.33. The second-order valence-electron chi connectivity index (χ2n) is 2.06. The van der Waals surface area contributed by atoms with Gasteiger partial charge in [-0.1, -0.05) is 11.6 Å². The minimum Gasteiger partial charge on any atom is -0.366 e. The Labute approximate surface area is 73.7 Å². The van der Waals surface area contributed by atoms with Crippen molar-refractivity contribution in [1.29, 1.82) is 0 Å². The van der Waals surface area contributed by atoms with Crippen LogP contribution in [0.25, 0.3) is 0 Å². The fraction of sp³-hybridized carbons (Fsp3) is 0. The maximum Gasteiger partial charge on any atom is 0.250 e. The molecule has 64 valence electrons. The van der Waals surface area contributed by atoms with Gasteiger partial charge in [-0.15, -0.1) is 0 Å². The van der Waals surface area contributed by atoms with Crippen molar-refractivity contribution in [3.63, 3.8) is 0 Å². The van der Waals surface area contributed by atoms with Crippen molar-refractivity contribution in [3.8, 4) is 0 Å². The van der Waals surface area contributed by atoms with Crippen LogP contribution in [0.3, 0.4) is 0 Å². The number of anilines is 1. The van der Waals surface area contributed by atoms with Crippen LogP contribution in [-0.4, -0.2) is 10.9 Å². The lowest BCUT2D eigenvalue weighted by molar-refractivity contribution is 0.1000. The van der Waals surface area contributed by atoms with Gasteiger partial charge >= 0.3 is 0 Å². The molecule has 0 saturated carbocycles. The molecule has 1 aromatic rings. The standard InChI is InChI=1S/C6H7ClN4O/c7-4-1-3(5(8)12)2-10-6(4)11-9/h1-2H,9H2,(H2,8,12)(H,10,11). The molecule has 0 saturated heterocycles. The van der Waals surface area contributed by atoms with Crippen molar-refractivity contribution in [2.24, 2.45) is 11.6 Å². The number of carbonyl (C=O) groups excluding carboxylic acids is 1. The van der Waals surface area contributed by atoms with Crippen molar-refractivity contribution in [1.82, 2.24) is 4.98 Å². The maximum absolute atomic E-state index is 10.6. The van der Waals surface area contributed by atoms with Gasteiger partial charge in [-0.2, -0.15) is 0 Å². The molecular weight excluding hydrogens is 180 g/mol. The highest BCUT2D eigenvalue weighted by Gasteiger charge is 2.05. The summed E-state index contributed by atoms with van der Waals surface area (Å²) in [5.74, 6) is 4.79. The molecular formula is C6H7ClN4O. The maximum atomic E-state index is 10.6. The average Bonchev–Trinajstić information content (AvgIpc) is 2.04. The third-order valence-electron chi connectivity index (χ3n) is 1.26. The van der Waals surface area contributed by atoms with Crippen molar-refractivity contribution in [2.45, 2.75) is 0 Å². The van der Waals surface area contributed by atoms with Gasteiger partial charge in [0, 0.05) is 6.20 Å². The molecule has 0 aliphatic carbocycles. The molecule has 0 fully saturated rings. The van der Waals surface area contributed by atoms with Gasteiger partial charge in [-0.05, 0) is 6.07 Å². The minimum atomic E-state index is -0.576. The number of rotatable bonds is 2. The molecule has 5 N–H and O–H groups in total. The quantitative estimate of drug-likeness (QED) is 0.452. The van der Waals surface area contributed by atoms with E-state index in [1.165, 1.54) is 12.3 Å². The second-order valence-corrected chi connectivity index (χ2v) is 2.47. The summed E-state index contributed by atoms with van der Waals surface area (Å²) in [6.07, 6.45) is 1.30. The summed E-state index contributed by atoms with van der Waals surface area (Å²) in [7, 11) is 0. The average molecular weight is 187 g/mol. The van der Waals surface area contributed by atoms with Gasteiger partial charge in [0.25, 0.3) is 0 Å². The molecule has 1 aromatic heterocycles. The van der Waals surface area contributed by atoms with Gasteiger partial charge in [0.1, 0.15) is 0 Å². The monoisotopic (exact) mass is 186 g/mol. The Kier molecular flexibility index (Phi) is 2.47. The van der Waals surface area contributed by atoms with Crippen molar-refractivity contribution < 1.29 is 4.79 Å². The number of hydrogen-bond acceptors (Lipinski definition) is 4. The lowest BCUT2D eigenvalue weighted by Crippen LogP contribution is -2.13. The number of hydrazine groups is 1. The first-order valence-corrected chi connectivity index (χ1v) is 3.45. The van der Waals surface area contributed by atoms with Crippen LogP contribution in [0, 0.1) is 0 Å². The molecule has 1 amide bonds. The first-order valence-electron chi connectivity index (χ1n) is 3.07. The van der Waals surface area contributed by atoms with Crippen LogP contribution in [0.15, 0.2) is 12.3 Å². The molecule has 0 bridgehead atoms. The Bertz CT molecular complexity index is 314. The molecule has 0 aliphatic rings. The molecule has 0 atom stereocenters. The van der Waals surface area contributed by atoms with E-state index in [-0.39, 0.29) is 10.6 Å². The zero-order valence-corrected chi connectivity index (χ0v) is 6.80. The Morgan fingerprint density at radius 3 is 2.75 bits per heavy atom. The SMILES string of the molecule is NNc1ncc(C(N)=O)cc1Cl. The van der Waals surface area contributed by atoms with E-state index in [1.807, 2.05) is 0 Å². The summed E-state index contributed by atoms with van der Waals surface area (Å²) in [5.41, 5.74) is 7.50. The molecule has 0 aliphatic heterocycles. The van der Waals surface area contributed by atoms with E-state index in [0.29, 0.717) is 5.82 Å². The van der Waals surface area contributed by atoms with Crippen molar-refractivity contribution >= 4 is 23.3 Å². The van der Waals surface area contributed by atoms with E-state index in [0.717, 1.165) is 0 Å². The summed E-state index contributed by atoms with van der Waals surface area (Å²) in [6, 6.07) is 1.39. The number of halogens is 1. The molecule has 0 unspecified atom stereocenters. The molecule has 1 rings (SSSR count).